The standard InChI is InChI=1S/C6H12O2/c1-3-4-6(8)5(2)7/h3-8H,1-2H3/b4-3+/t5-,6+/m0/s1. The van der Waals surface area contributed by atoms with Crippen LogP contribution in [-0.4, -0.2) is 22.4 Å². The fourth-order valence-electron chi connectivity index (χ4n) is 0.358. The van der Waals surface area contributed by atoms with Crippen molar-refractivity contribution in [3.8, 4) is 0 Å². The van der Waals surface area contributed by atoms with Crippen molar-refractivity contribution in [2.24, 2.45) is 0 Å². The van der Waals surface area contributed by atoms with Crippen molar-refractivity contribution in [1.82, 2.24) is 0 Å². The molecule has 2 nitrogen and oxygen atoms in total. The third-order valence-corrected chi connectivity index (χ3v) is 0.884. The lowest BCUT2D eigenvalue weighted by molar-refractivity contribution is 0.0618. The number of aliphatic hydroxyl groups is 2. The van der Waals surface area contributed by atoms with Crippen LogP contribution in [0.4, 0.5) is 0 Å². The van der Waals surface area contributed by atoms with Crippen molar-refractivity contribution in [3.05, 3.63) is 12.2 Å². The van der Waals surface area contributed by atoms with Crippen LogP contribution in [0.5, 0.6) is 0 Å². The maximum absolute atomic E-state index is 8.79. The monoisotopic (exact) mass is 116 g/mol. The van der Waals surface area contributed by atoms with Gasteiger partial charge in [0, 0.05) is 0 Å². The second-order valence-corrected chi connectivity index (χ2v) is 1.76. The van der Waals surface area contributed by atoms with Crippen LogP contribution in [-0.2, 0) is 0 Å². The first-order valence-corrected chi connectivity index (χ1v) is 2.67. The van der Waals surface area contributed by atoms with E-state index < -0.39 is 12.2 Å². The lowest BCUT2D eigenvalue weighted by Crippen LogP contribution is -2.19. The summed E-state index contributed by atoms with van der Waals surface area (Å²) in [6, 6.07) is 0. The van der Waals surface area contributed by atoms with Crippen LogP contribution in [0.15, 0.2) is 12.2 Å². The molecule has 0 bridgehead atoms. The third-order valence-electron chi connectivity index (χ3n) is 0.884. The largest absolute Gasteiger partial charge is 0.390 e. The molecule has 0 amide bonds. The van der Waals surface area contributed by atoms with Gasteiger partial charge in [-0.1, -0.05) is 12.2 Å². The molecule has 0 aromatic carbocycles. The molecule has 0 aliphatic rings. The molecular weight excluding hydrogens is 104 g/mol. The summed E-state index contributed by atoms with van der Waals surface area (Å²) in [7, 11) is 0. The molecule has 0 spiro atoms. The van der Waals surface area contributed by atoms with Crippen molar-refractivity contribution in [3.63, 3.8) is 0 Å². The smallest absolute Gasteiger partial charge is 0.0977 e. The SMILES string of the molecule is C/C=C/[C@@H](O)[C@H](C)O. The van der Waals surface area contributed by atoms with Crippen LogP contribution in [0, 0.1) is 0 Å². The molecule has 0 radical (unpaired) electrons. The predicted octanol–water partition coefficient (Wildman–Crippen LogP) is 0.304. The number of aliphatic hydroxyl groups excluding tert-OH is 2. The van der Waals surface area contributed by atoms with Gasteiger partial charge in [-0.15, -0.1) is 0 Å². The van der Waals surface area contributed by atoms with E-state index in [1.165, 1.54) is 0 Å². The van der Waals surface area contributed by atoms with E-state index in [2.05, 4.69) is 0 Å². The summed E-state index contributed by atoms with van der Waals surface area (Å²) in [6.07, 6.45) is 1.88. The van der Waals surface area contributed by atoms with E-state index in [1.54, 1.807) is 26.0 Å². The predicted molar refractivity (Wildman–Crippen MR) is 32.5 cm³/mol. The summed E-state index contributed by atoms with van der Waals surface area (Å²) >= 11 is 0. The average Bonchev–Trinajstić information content (AvgIpc) is 1.67. The Labute approximate surface area is 49.5 Å². The van der Waals surface area contributed by atoms with Gasteiger partial charge >= 0.3 is 0 Å². The minimum atomic E-state index is -0.708. The van der Waals surface area contributed by atoms with Crippen molar-refractivity contribution in [2.75, 3.05) is 0 Å². The van der Waals surface area contributed by atoms with Gasteiger partial charge in [-0.2, -0.15) is 0 Å². The van der Waals surface area contributed by atoms with E-state index in [0.29, 0.717) is 0 Å². The summed E-state index contributed by atoms with van der Waals surface area (Å²) < 4.78 is 0. The maximum Gasteiger partial charge on any atom is 0.0977 e. The van der Waals surface area contributed by atoms with Crippen LogP contribution in [0.2, 0.25) is 0 Å². The molecule has 0 aliphatic carbocycles. The Balaban J connectivity index is 3.47. The Morgan fingerprint density at radius 3 is 2.00 bits per heavy atom. The highest BCUT2D eigenvalue weighted by Crippen LogP contribution is 1.91. The van der Waals surface area contributed by atoms with Crippen LogP contribution in [0.1, 0.15) is 13.8 Å². The van der Waals surface area contributed by atoms with Gasteiger partial charge in [0.15, 0.2) is 0 Å². The molecule has 0 fully saturated rings. The zero-order valence-corrected chi connectivity index (χ0v) is 5.20. The summed E-state index contributed by atoms with van der Waals surface area (Å²) in [5, 5.41) is 17.4. The normalized spacial score (nSPS) is 19.0. The highest BCUT2D eigenvalue weighted by atomic mass is 16.3. The minimum Gasteiger partial charge on any atom is -0.390 e. The Morgan fingerprint density at radius 2 is 1.88 bits per heavy atom. The van der Waals surface area contributed by atoms with Crippen molar-refractivity contribution in [1.29, 1.82) is 0 Å². The molecule has 2 heteroatoms. The number of hydrogen-bond acceptors (Lipinski definition) is 2. The van der Waals surface area contributed by atoms with Gasteiger partial charge in [0.25, 0.3) is 0 Å². The van der Waals surface area contributed by atoms with Crippen molar-refractivity contribution >= 4 is 0 Å². The first kappa shape index (κ1) is 7.66. The molecule has 0 heterocycles. The van der Waals surface area contributed by atoms with Gasteiger partial charge in [0.1, 0.15) is 0 Å². The van der Waals surface area contributed by atoms with Crippen molar-refractivity contribution < 1.29 is 10.2 Å². The number of hydrogen-bond donors (Lipinski definition) is 2. The maximum atomic E-state index is 8.79. The van der Waals surface area contributed by atoms with E-state index in [9.17, 15) is 0 Å². The van der Waals surface area contributed by atoms with Gasteiger partial charge in [-0.05, 0) is 13.8 Å². The molecule has 0 saturated carbocycles. The van der Waals surface area contributed by atoms with Gasteiger partial charge < -0.3 is 10.2 Å². The number of rotatable bonds is 2. The fourth-order valence-corrected chi connectivity index (χ4v) is 0.358. The summed E-state index contributed by atoms with van der Waals surface area (Å²) in [5.74, 6) is 0. The molecule has 0 aromatic heterocycles. The topological polar surface area (TPSA) is 40.5 Å². The Hall–Kier alpha value is -0.340. The van der Waals surface area contributed by atoms with Gasteiger partial charge in [-0.25, -0.2) is 0 Å². The lowest BCUT2D eigenvalue weighted by atomic mass is 10.2. The molecular formula is C6H12O2. The third kappa shape index (κ3) is 2.77. The summed E-state index contributed by atoms with van der Waals surface area (Å²) in [6.45, 7) is 3.34. The highest BCUT2D eigenvalue weighted by Gasteiger charge is 2.03. The second kappa shape index (κ2) is 3.64. The van der Waals surface area contributed by atoms with Gasteiger partial charge in [0.2, 0.25) is 0 Å². The molecule has 0 aromatic rings. The van der Waals surface area contributed by atoms with Gasteiger partial charge in [0.05, 0.1) is 12.2 Å². The lowest BCUT2D eigenvalue weighted by Gasteiger charge is -2.06. The minimum absolute atomic E-state index is 0.661. The molecule has 0 unspecified atom stereocenters. The van der Waals surface area contributed by atoms with Crippen LogP contribution in [0.25, 0.3) is 0 Å². The molecule has 8 heavy (non-hydrogen) atoms. The van der Waals surface area contributed by atoms with E-state index in [1.807, 2.05) is 0 Å². The van der Waals surface area contributed by atoms with Crippen molar-refractivity contribution in [2.45, 2.75) is 26.1 Å². The van der Waals surface area contributed by atoms with E-state index in [4.69, 9.17) is 10.2 Å². The van der Waals surface area contributed by atoms with Crippen LogP contribution < -0.4 is 0 Å². The van der Waals surface area contributed by atoms with Crippen LogP contribution >= 0.6 is 0 Å². The highest BCUT2D eigenvalue weighted by molar-refractivity contribution is 4.87. The Bertz CT molecular complexity index is 76.6. The van der Waals surface area contributed by atoms with E-state index in [-0.39, 0.29) is 0 Å². The van der Waals surface area contributed by atoms with E-state index in [0.717, 1.165) is 0 Å². The first-order valence-electron chi connectivity index (χ1n) is 2.67. The Morgan fingerprint density at radius 1 is 1.38 bits per heavy atom. The summed E-state index contributed by atoms with van der Waals surface area (Å²) in [5.41, 5.74) is 0. The Kier molecular flexibility index (Phi) is 3.48. The second-order valence-electron chi connectivity index (χ2n) is 1.76. The average molecular weight is 116 g/mol. The molecule has 2 N–H and O–H groups in total. The zero-order chi connectivity index (χ0) is 6.57. The zero-order valence-electron chi connectivity index (χ0n) is 5.20. The van der Waals surface area contributed by atoms with E-state index >= 15 is 0 Å². The molecule has 0 rings (SSSR count). The molecule has 48 valence electrons. The van der Waals surface area contributed by atoms with Gasteiger partial charge in [-0.3, -0.25) is 0 Å². The quantitative estimate of drug-likeness (QED) is 0.509. The number of allylic oxidation sites excluding steroid dienone is 1. The first-order chi connectivity index (χ1) is 3.68. The summed E-state index contributed by atoms with van der Waals surface area (Å²) in [4.78, 5) is 0. The molecule has 2 atom stereocenters. The van der Waals surface area contributed by atoms with Crippen LogP contribution in [0.3, 0.4) is 0 Å². The fraction of sp³-hybridized carbons (Fsp3) is 0.667. The molecule has 0 aliphatic heterocycles. The molecule has 0 saturated heterocycles.